The maximum absolute atomic E-state index is 12.3. The lowest BCUT2D eigenvalue weighted by atomic mass is 10.0. The molecule has 1 amide bonds. The lowest BCUT2D eigenvalue weighted by Crippen LogP contribution is -2.36. The number of carbonyl (C=O) groups excluding carboxylic acids is 1. The van der Waals surface area contributed by atoms with Crippen LogP contribution < -0.4 is 0 Å². The second-order valence-corrected chi connectivity index (χ2v) is 5.42. The van der Waals surface area contributed by atoms with E-state index in [4.69, 9.17) is 0 Å². The summed E-state index contributed by atoms with van der Waals surface area (Å²) in [6.45, 7) is 8.22. The van der Waals surface area contributed by atoms with Crippen LogP contribution in [-0.2, 0) is 0 Å². The lowest BCUT2D eigenvalue weighted by molar-refractivity contribution is 0.0725. The molecule has 0 saturated carbocycles. The molecule has 1 aromatic rings. The first kappa shape index (κ1) is 14.6. The van der Waals surface area contributed by atoms with Crippen molar-refractivity contribution in [3.63, 3.8) is 0 Å². The molecule has 1 rings (SSSR count). The molecular formula is C15H23NO2. The molecular weight excluding hydrogens is 226 g/mol. The van der Waals surface area contributed by atoms with E-state index in [9.17, 15) is 9.90 Å². The zero-order valence-electron chi connectivity index (χ0n) is 11.9. The Morgan fingerprint density at radius 3 is 2.50 bits per heavy atom. The molecule has 18 heavy (non-hydrogen) atoms. The van der Waals surface area contributed by atoms with E-state index in [2.05, 4.69) is 13.8 Å². The predicted octanol–water partition coefficient (Wildman–Crippen LogP) is 3.21. The van der Waals surface area contributed by atoms with Crippen LogP contribution in [0.3, 0.4) is 0 Å². The molecule has 0 fully saturated rings. The minimum Gasteiger partial charge on any atom is -0.507 e. The summed E-state index contributed by atoms with van der Waals surface area (Å²) in [6.07, 6.45) is 0.953. The van der Waals surface area contributed by atoms with Crippen LogP contribution in [-0.4, -0.2) is 29.0 Å². The summed E-state index contributed by atoms with van der Waals surface area (Å²) in [7, 11) is 1.79. The highest BCUT2D eigenvalue weighted by atomic mass is 16.3. The van der Waals surface area contributed by atoms with Crippen molar-refractivity contribution in [1.82, 2.24) is 4.90 Å². The number of benzene rings is 1. The number of phenolic OH excluding ortho intramolecular Hbond substituents is 1. The number of nitrogens with zero attached hydrogens (tertiary/aromatic N) is 1. The van der Waals surface area contributed by atoms with Crippen LogP contribution in [0.25, 0.3) is 0 Å². The van der Waals surface area contributed by atoms with Crippen molar-refractivity contribution in [2.45, 2.75) is 40.2 Å². The summed E-state index contributed by atoms with van der Waals surface area (Å²) >= 11 is 0. The van der Waals surface area contributed by atoms with Gasteiger partial charge in [0, 0.05) is 13.1 Å². The van der Waals surface area contributed by atoms with E-state index in [1.807, 2.05) is 13.8 Å². The molecule has 1 unspecified atom stereocenters. The molecule has 0 aliphatic rings. The minimum atomic E-state index is -0.121. The van der Waals surface area contributed by atoms with Crippen molar-refractivity contribution in [3.05, 3.63) is 29.3 Å². The summed E-state index contributed by atoms with van der Waals surface area (Å²) in [5, 5.41) is 9.77. The van der Waals surface area contributed by atoms with Crippen molar-refractivity contribution in [3.8, 4) is 5.75 Å². The number of hydrogen-bond donors (Lipinski definition) is 1. The topological polar surface area (TPSA) is 40.5 Å². The first-order chi connectivity index (χ1) is 8.32. The Morgan fingerprint density at radius 1 is 1.33 bits per heavy atom. The normalized spacial score (nSPS) is 12.6. The summed E-state index contributed by atoms with van der Waals surface area (Å²) in [6, 6.07) is 5.26. The monoisotopic (exact) mass is 249 g/mol. The number of phenols is 1. The molecule has 0 aromatic heterocycles. The van der Waals surface area contributed by atoms with E-state index >= 15 is 0 Å². The molecule has 0 heterocycles. The number of rotatable bonds is 4. The second-order valence-electron chi connectivity index (χ2n) is 5.42. The van der Waals surface area contributed by atoms with E-state index in [0.717, 1.165) is 12.0 Å². The molecule has 100 valence electrons. The van der Waals surface area contributed by atoms with Gasteiger partial charge in [0.05, 0.1) is 5.56 Å². The fourth-order valence-corrected chi connectivity index (χ4v) is 2.05. The van der Waals surface area contributed by atoms with Gasteiger partial charge in [-0.05, 0) is 38.3 Å². The molecule has 0 radical (unpaired) electrons. The van der Waals surface area contributed by atoms with Crippen molar-refractivity contribution in [2.75, 3.05) is 7.05 Å². The Morgan fingerprint density at radius 2 is 1.94 bits per heavy atom. The highest BCUT2D eigenvalue weighted by Crippen LogP contribution is 2.21. The number of hydrogen-bond acceptors (Lipinski definition) is 2. The zero-order chi connectivity index (χ0) is 13.9. The Kier molecular flexibility index (Phi) is 4.76. The van der Waals surface area contributed by atoms with E-state index in [-0.39, 0.29) is 17.7 Å². The third kappa shape index (κ3) is 3.49. The Labute approximate surface area is 109 Å². The van der Waals surface area contributed by atoms with Crippen LogP contribution in [0, 0.1) is 12.8 Å². The van der Waals surface area contributed by atoms with Crippen LogP contribution in [0.15, 0.2) is 18.2 Å². The highest BCUT2D eigenvalue weighted by Gasteiger charge is 2.20. The SMILES string of the molecule is Cc1ccc(O)c(C(=O)N(C)C(C)CC(C)C)c1. The molecule has 1 N–H and O–H groups in total. The minimum absolute atomic E-state index is 0.0502. The fourth-order valence-electron chi connectivity index (χ4n) is 2.05. The van der Waals surface area contributed by atoms with Gasteiger partial charge in [-0.25, -0.2) is 0 Å². The Bertz CT molecular complexity index is 427. The van der Waals surface area contributed by atoms with Crippen molar-refractivity contribution >= 4 is 5.91 Å². The van der Waals surface area contributed by atoms with Crippen LogP contribution >= 0.6 is 0 Å². The average Bonchev–Trinajstić information content (AvgIpc) is 2.29. The standard InChI is InChI=1S/C15H23NO2/c1-10(2)8-12(4)16(5)15(18)13-9-11(3)6-7-14(13)17/h6-7,9-10,12,17H,8H2,1-5H3. The average molecular weight is 249 g/mol. The van der Waals surface area contributed by atoms with Crippen molar-refractivity contribution in [2.24, 2.45) is 5.92 Å². The fraction of sp³-hybridized carbons (Fsp3) is 0.533. The summed E-state index contributed by atoms with van der Waals surface area (Å²) in [5.74, 6) is 0.472. The zero-order valence-corrected chi connectivity index (χ0v) is 11.9. The molecule has 1 atom stereocenters. The summed E-state index contributed by atoms with van der Waals surface area (Å²) in [4.78, 5) is 14.0. The van der Waals surface area contributed by atoms with Gasteiger partial charge in [0.25, 0.3) is 5.91 Å². The van der Waals surface area contributed by atoms with E-state index in [1.54, 1.807) is 30.1 Å². The molecule has 0 saturated heterocycles. The van der Waals surface area contributed by atoms with Gasteiger partial charge >= 0.3 is 0 Å². The van der Waals surface area contributed by atoms with Gasteiger partial charge in [0.1, 0.15) is 5.75 Å². The van der Waals surface area contributed by atoms with Crippen molar-refractivity contribution in [1.29, 1.82) is 0 Å². The van der Waals surface area contributed by atoms with Gasteiger partial charge in [-0.3, -0.25) is 4.79 Å². The number of aromatic hydroxyl groups is 1. The Hall–Kier alpha value is -1.51. The first-order valence-corrected chi connectivity index (χ1v) is 6.39. The largest absolute Gasteiger partial charge is 0.507 e. The van der Waals surface area contributed by atoms with Crippen LogP contribution in [0.1, 0.15) is 43.1 Å². The lowest BCUT2D eigenvalue weighted by Gasteiger charge is -2.26. The predicted molar refractivity (Wildman–Crippen MR) is 73.9 cm³/mol. The van der Waals surface area contributed by atoms with Gasteiger partial charge in [0.15, 0.2) is 0 Å². The summed E-state index contributed by atoms with van der Waals surface area (Å²) < 4.78 is 0. The number of amides is 1. The maximum atomic E-state index is 12.3. The molecule has 0 aliphatic carbocycles. The summed E-state index contributed by atoms with van der Waals surface area (Å²) in [5.41, 5.74) is 1.36. The van der Waals surface area contributed by atoms with Crippen molar-refractivity contribution < 1.29 is 9.90 Å². The van der Waals surface area contributed by atoms with E-state index in [1.165, 1.54) is 0 Å². The maximum Gasteiger partial charge on any atom is 0.257 e. The third-order valence-electron chi connectivity index (χ3n) is 3.18. The third-order valence-corrected chi connectivity index (χ3v) is 3.18. The van der Waals surface area contributed by atoms with Gasteiger partial charge in [0.2, 0.25) is 0 Å². The van der Waals surface area contributed by atoms with Gasteiger partial charge < -0.3 is 10.0 Å². The van der Waals surface area contributed by atoms with Gasteiger partial charge in [-0.15, -0.1) is 0 Å². The molecule has 3 nitrogen and oxygen atoms in total. The Balaban J connectivity index is 2.89. The highest BCUT2D eigenvalue weighted by molar-refractivity contribution is 5.97. The molecule has 0 aliphatic heterocycles. The molecule has 3 heteroatoms. The second kappa shape index (κ2) is 5.89. The smallest absolute Gasteiger partial charge is 0.257 e. The number of aryl methyl sites for hydroxylation is 1. The van der Waals surface area contributed by atoms with Crippen LogP contribution in [0.4, 0.5) is 0 Å². The molecule has 1 aromatic carbocycles. The van der Waals surface area contributed by atoms with Gasteiger partial charge in [-0.1, -0.05) is 25.5 Å². The van der Waals surface area contributed by atoms with Crippen LogP contribution in [0.5, 0.6) is 5.75 Å². The van der Waals surface area contributed by atoms with Crippen LogP contribution in [0.2, 0.25) is 0 Å². The van der Waals surface area contributed by atoms with Gasteiger partial charge in [-0.2, -0.15) is 0 Å². The quantitative estimate of drug-likeness (QED) is 0.890. The number of carbonyl (C=O) groups is 1. The van der Waals surface area contributed by atoms with E-state index in [0.29, 0.717) is 11.5 Å². The molecule has 0 bridgehead atoms. The molecule has 0 spiro atoms. The first-order valence-electron chi connectivity index (χ1n) is 6.39. The van der Waals surface area contributed by atoms with E-state index < -0.39 is 0 Å².